The molecule has 0 aliphatic heterocycles. The molecule has 0 aromatic heterocycles. The molecule has 0 aliphatic rings. The van der Waals surface area contributed by atoms with Crippen LogP contribution in [-0.2, 0) is 14.4 Å². The Kier molecular flexibility index (Phi) is 7.62. The Morgan fingerprint density at radius 2 is 1.76 bits per heavy atom. The van der Waals surface area contributed by atoms with Gasteiger partial charge in [0.2, 0.25) is 0 Å². The number of rotatable bonds is 6. The molecule has 1 aromatic rings. The molecule has 25 heavy (non-hydrogen) atoms. The summed E-state index contributed by atoms with van der Waals surface area (Å²) in [6.07, 6.45) is -0.552. The van der Waals surface area contributed by atoms with E-state index in [0.29, 0.717) is 5.56 Å². The Morgan fingerprint density at radius 3 is 2.24 bits per heavy atom. The zero-order valence-corrected chi connectivity index (χ0v) is 15.6. The number of hydrogen-bond donors (Lipinski definition) is 2. The molecular formula is C19H26N2O4. The fraction of sp³-hybridized carbons (Fsp3) is 0.474. The second kappa shape index (κ2) is 9.21. The van der Waals surface area contributed by atoms with Crippen LogP contribution in [0.5, 0.6) is 0 Å². The zero-order chi connectivity index (χ0) is 19.0. The van der Waals surface area contributed by atoms with Gasteiger partial charge in [0.15, 0.2) is 0 Å². The van der Waals surface area contributed by atoms with Crippen molar-refractivity contribution in [1.82, 2.24) is 10.8 Å². The molecule has 0 aliphatic carbocycles. The van der Waals surface area contributed by atoms with E-state index >= 15 is 0 Å². The molecule has 6 nitrogen and oxygen atoms in total. The maximum Gasteiger partial charge on any atom is 0.268 e. The van der Waals surface area contributed by atoms with Crippen molar-refractivity contribution in [2.45, 2.75) is 52.4 Å². The lowest BCUT2D eigenvalue weighted by molar-refractivity contribution is -0.140. The van der Waals surface area contributed by atoms with Gasteiger partial charge in [-0.3, -0.25) is 14.4 Å². The predicted octanol–water partition coefficient (Wildman–Crippen LogP) is 2.04. The standard InChI is InChI=1S/C19H26N2O4/c1-7-8-14-9-11-15(12-10-14)17(22)20-16(18(23)21-24-6)13(2)25-19(3,4)5/h9-13,16H,1-6H3,(H,20,22)(H,21,23)/t13-,16?/m1/s1. The van der Waals surface area contributed by atoms with Crippen LogP contribution in [0, 0.1) is 11.8 Å². The number of ether oxygens (including phenoxy) is 1. The Labute approximate surface area is 149 Å². The Bertz CT molecular complexity index is 651. The third kappa shape index (κ3) is 6.96. The Balaban J connectivity index is 2.93. The SMILES string of the molecule is CC#Cc1ccc(C(=O)NC(C(=O)NOC)[C@@H](C)OC(C)(C)C)cc1. The van der Waals surface area contributed by atoms with Crippen LogP contribution in [0.2, 0.25) is 0 Å². The van der Waals surface area contributed by atoms with E-state index in [1.807, 2.05) is 20.8 Å². The summed E-state index contributed by atoms with van der Waals surface area (Å²) in [5.41, 5.74) is 3.03. The summed E-state index contributed by atoms with van der Waals surface area (Å²) in [5.74, 6) is 4.84. The molecular weight excluding hydrogens is 320 g/mol. The Hall–Kier alpha value is -2.36. The molecule has 0 saturated heterocycles. The number of nitrogens with one attached hydrogen (secondary N) is 2. The number of carbonyl (C=O) groups is 2. The van der Waals surface area contributed by atoms with E-state index in [0.717, 1.165) is 5.56 Å². The number of amides is 2. The highest BCUT2D eigenvalue weighted by molar-refractivity contribution is 5.97. The molecule has 136 valence electrons. The molecule has 2 amide bonds. The van der Waals surface area contributed by atoms with Gasteiger partial charge in [0, 0.05) is 11.1 Å². The molecule has 1 rings (SSSR count). The average molecular weight is 346 g/mol. The highest BCUT2D eigenvalue weighted by Crippen LogP contribution is 2.14. The van der Waals surface area contributed by atoms with E-state index in [-0.39, 0.29) is 5.91 Å². The first-order valence-corrected chi connectivity index (χ1v) is 8.02. The van der Waals surface area contributed by atoms with Gasteiger partial charge in [-0.1, -0.05) is 5.92 Å². The van der Waals surface area contributed by atoms with Crippen molar-refractivity contribution < 1.29 is 19.2 Å². The molecule has 1 aromatic carbocycles. The van der Waals surface area contributed by atoms with Crippen molar-refractivity contribution in [2.24, 2.45) is 0 Å². The van der Waals surface area contributed by atoms with E-state index < -0.39 is 23.7 Å². The normalized spacial score (nSPS) is 13.2. The number of hydroxylamine groups is 1. The molecule has 0 spiro atoms. The van der Waals surface area contributed by atoms with Gasteiger partial charge in [-0.15, -0.1) is 5.92 Å². The molecule has 0 radical (unpaired) electrons. The molecule has 0 fully saturated rings. The van der Waals surface area contributed by atoms with Gasteiger partial charge in [0.25, 0.3) is 11.8 Å². The number of carbonyl (C=O) groups excluding carboxylic acids is 2. The van der Waals surface area contributed by atoms with E-state index in [1.54, 1.807) is 38.1 Å². The smallest absolute Gasteiger partial charge is 0.268 e. The van der Waals surface area contributed by atoms with Crippen molar-refractivity contribution in [3.05, 3.63) is 35.4 Å². The minimum absolute atomic E-state index is 0.378. The lowest BCUT2D eigenvalue weighted by Crippen LogP contribution is -2.54. The Morgan fingerprint density at radius 1 is 1.16 bits per heavy atom. The lowest BCUT2D eigenvalue weighted by atomic mass is 10.1. The van der Waals surface area contributed by atoms with Crippen molar-refractivity contribution in [3.8, 4) is 11.8 Å². The first kappa shape index (κ1) is 20.7. The summed E-state index contributed by atoms with van der Waals surface area (Å²) in [6.45, 7) is 9.11. The van der Waals surface area contributed by atoms with Gasteiger partial charge >= 0.3 is 0 Å². The second-order valence-electron chi connectivity index (χ2n) is 6.51. The van der Waals surface area contributed by atoms with Crippen LogP contribution in [0.25, 0.3) is 0 Å². The minimum Gasteiger partial charge on any atom is -0.370 e. The van der Waals surface area contributed by atoms with Crippen molar-refractivity contribution in [3.63, 3.8) is 0 Å². The van der Waals surface area contributed by atoms with Gasteiger partial charge in [0.1, 0.15) is 6.04 Å². The zero-order valence-electron chi connectivity index (χ0n) is 15.6. The van der Waals surface area contributed by atoms with E-state index in [1.165, 1.54) is 7.11 Å². The van der Waals surface area contributed by atoms with Gasteiger partial charge in [-0.25, -0.2) is 5.48 Å². The van der Waals surface area contributed by atoms with E-state index in [9.17, 15) is 9.59 Å². The summed E-state index contributed by atoms with van der Waals surface area (Å²) in [5, 5.41) is 2.70. The number of benzene rings is 1. The molecule has 0 saturated carbocycles. The molecule has 0 heterocycles. The van der Waals surface area contributed by atoms with E-state index in [4.69, 9.17) is 4.74 Å². The summed E-state index contributed by atoms with van der Waals surface area (Å²) in [4.78, 5) is 29.4. The molecule has 1 unspecified atom stereocenters. The second-order valence-corrected chi connectivity index (χ2v) is 6.51. The van der Waals surface area contributed by atoms with Crippen molar-refractivity contribution >= 4 is 11.8 Å². The van der Waals surface area contributed by atoms with Crippen LogP contribution in [0.1, 0.15) is 50.5 Å². The van der Waals surface area contributed by atoms with E-state index in [2.05, 4.69) is 27.5 Å². The average Bonchev–Trinajstić information content (AvgIpc) is 2.51. The highest BCUT2D eigenvalue weighted by Gasteiger charge is 2.31. The van der Waals surface area contributed by atoms with Crippen LogP contribution in [0.15, 0.2) is 24.3 Å². The summed E-state index contributed by atoms with van der Waals surface area (Å²) < 4.78 is 5.81. The minimum atomic E-state index is -0.901. The van der Waals surface area contributed by atoms with Crippen molar-refractivity contribution in [2.75, 3.05) is 7.11 Å². The molecule has 6 heteroatoms. The van der Waals surface area contributed by atoms with Gasteiger partial charge in [-0.2, -0.15) is 0 Å². The first-order chi connectivity index (χ1) is 11.7. The maximum absolute atomic E-state index is 12.5. The molecule has 0 bridgehead atoms. The molecule has 2 N–H and O–H groups in total. The van der Waals surface area contributed by atoms with Crippen molar-refractivity contribution in [1.29, 1.82) is 0 Å². The monoisotopic (exact) mass is 346 g/mol. The molecule has 2 atom stereocenters. The van der Waals surface area contributed by atoms with Crippen LogP contribution in [0.4, 0.5) is 0 Å². The van der Waals surface area contributed by atoms with Gasteiger partial charge in [-0.05, 0) is 58.9 Å². The third-order valence-electron chi connectivity index (χ3n) is 3.20. The van der Waals surface area contributed by atoms with Crippen LogP contribution < -0.4 is 10.8 Å². The quantitative estimate of drug-likeness (QED) is 0.610. The number of hydrogen-bond acceptors (Lipinski definition) is 4. The summed E-state index contributed by atoms with van der Waals surface area (Å²) in [6, 6.07) is 5.93. The topological polar surface area (TPSA) is 76.7 Å². The summed E-state index contributed by atoms with van der Waals surface area (Å²) >= 11 is 0. The fourth-order valence-electron chi connectivity index (χ4n) is 2.26. The van der Waals surface area contributed by atoms with Gasteiger partial charge < -0.3 is 10.1 Å². The lowest BCUT2D eigenvalue weighted by Gasteiger charge is -2.30. The summed E-state index contributed by atoms with van der Waals surface area (Å²) in [7, 11) is 1.33. The van der Waals surface area contributed by atoms with Crippen LogP contribution in [0.3, 0.4) is 0 Å². The first-order valence-electron chi connectivity index (χ1n) is 8.02. The fourth-order valence-corrected chi connectivity index (χ4v) is 2.26. The van der Waals surface area contributed by atoms with Crippen LogP contribution >= 0.6 is 0 Å². The highest BCUT2D eigenvalue weighted by atomic mass is 16.6. The van der Waals surface area contributed by atoms with Crippen LogP contribution in [-0.4, -0.2) is 36.7 Å². The third-order valence-corrected chi connectivity index (χ3v) is 3.20. The maximum atomic E-state index is 12.5. The largest absolute Gasteiger partial charge is 0.370 e. The predicted molar refractivity (Wildman–Crippen MR) is 95.7 cm³/mol. The van der Waals surface area contributed by atoms with Gasteiger partial charge in [0.05, 0.1) is 18.8 Å².